The first kappa shape index (κ1) is 16.8. The Morgan fingerprint density at radius 2 is 2.20 bits per heavy atom. The van der Waals surface area contributed by atoms with Crippen LogP contribution in [0, 0.1) is 0 Å². The van der Waals surface area contributed by atoms with Gasteiger partial charge in [0, 0.05) is 13.1 Å². The van der Waals surface area contributed by atoms with E-state index in [4.69, 9.17) is 4.74 Å². The molecular formula is C12H19F2NO5. The highest BCUT2D eigenvalue weighted by Crippen LogP contribution is 2.10. The number of halogens is 2. The molecule has 0 N–H and O–H groups in total. The molecule has 0 aromatic heterocycles. The van der Waals surface area contributed by atoms with E-state index in [0.717, 1.165) is 0 Å². The number of hydrogen-bond donors (Lipinski definition) is 0. The highest BCUT2D eigenvalue weighted by atomic mass is 19.3. The maximum atomic E-state index is 11.8. The Hall–Kier alpha value is -1.28. The molecule has 0 spiro atoms. The zero-order chi connectivity index (χ0) is 15.0. The van der Waals surface area contributed by atoms with E-state index in [9.17, 15) is 18.4 Å². The third-order valence-electron chi connectivity index (χ3n) is 2.82. The molecule has 20 heavy (non-hydrogen) atoms. The Bertz CT molecular complexity index is 327. The van der Waals surface area contributed by atoms with Crippen LogP contribution in [0.1, 0.15) is 12.8 Å². The topological polar surface area (TPSA) is 65.1 Å². The predicted molar refractivity (Wildman–Crippen MR) is 64.4 cm³/mol. The highest BCUT2D eigenvalue weighted by molar-refractivity contribution is 5.76. The van der Waals surface area contributed by atoms with E-state index in [-0.39, 0.29) is 31.5 Å². The van der Waals surface area contributed by atoms with Crippen molar-refractivity contribution in [3.8, 4) is 0 Å². The second-order valence-corrected chi connectivity index (χ2v) is 4.33. The van der Waals surface area contributed by atoms with E-state index >= 15 is 0 Å². The number of hydrogen-bond acceptors (Lipinski definition) is 5. The number of rotatable bonds is 7. The SMILES string of the molecule is COC(=O)CC1CN(C(=O)CCOCC(F)F)CCO1. The summed E-state index contributed by atoms with van der Waals surface area (Å²) in [7, 11) is 1.29. The molecule has 1 aliphatic heterocycles. The summed E-state index contributed by atoms with van der Waals surface area (Å²) in [6.07, 6.45) is -2.79. The molecule has 6 nitrogen and oxygen atoms in total. The van der Waals surface area contributed by atoms with Crippen LogP contribution in [0.3, 0.4) is 0 Å². The van der Waals surface area contributed by atoms with Crippen LogP contribution < -0.4 is 0 Å². The normalized spacial score (nSPS) is 19.2. The number of amides is 1. The van der Waals surface area contributed by atoms with Crippen molar-refractivity contribution >= 4 is 11.9 Å². The molecule has 1 rings (SSSR count). The first-order chi connectivity index (χ1) is 9.52. The van der Waals surface area contributed by atoms with E-state index in [0.29, 0.717) is 19.7 Å². The fraction of sp³-hybridized carbons (Fsp3) is 0.833. The van der Waals surface area contributed by atoms with Crippen LogP contribution in [-0.2, 0) is 23.8 Å². The first-order valence-corrected chi connectivity index (χ1v) is 6.35. The molecule has 116 valence electrons. The van der Waals surface area contributed by atoms with Crippen molar-refractivity contribution < 1.29 is 32.6 Å². The Morgan fingerprint density at radius 3 is 2.85 bits per heavy atom. The van der Waals surface area contributed by atoms with Gasteiger partial charge in [-0.25, -0.2) is 8.78 Å². The van der Waals surface area contributed by atoms with Gasteiger partial charge in [0.1, 0.15) is 6.61 Å². The summed E-state index contributed by atoms with van der Waals surface area (Å²) in [6.45, 7) is 0.350. The van der Waals surface area contributed by atoms with Crippen molar-refractivity contribution in [1.29, 1.82) is 0 Å². The molecule has 0 saturated carbocycles. The molecule has 1 atom stereocenters. The number of methoxy groups -OCH3 is 1. The molecule has 0 aromatic carbocycles. The number of alkyl halides is 2. The fourth-order valence-electron chi connectivity index (χ4n) is 1.83. The van der Waals surface area contributed by atoms with Gasteiger partial charge >= 0.3 is 5.97 Å². The van der Waals surface area contributed by atoms with Crippen LogP contribution >= 0.6 is 0 Å². The van der Waals surface area contributed by atoms with Crippen molar-refractivity contribution in [2.45, 2.75) is 25.4 Å². The number of morpholine rings is 1. The summed E-state index contributed by atoms with van der Waals surface area (Å²) in [6, 6.07) is 0. The Balaban J connectivity index is 2.27. The van der Waals surface area contributed by atoms with Gasteiger partial charge in [0.15, 0.2) is 0 Å². The minimum absolute atomic E-state index is 0.0393. The molecule has 0 radical (unpaired) electrons. The maximum Gasteiger partial charge on any atom is 0.308 e. The minimum Gasteiger partial charge on any atom is -0.469 e. The molecular weight excluding hydrogens is 276 g/mol. The summed E-state index contributed by atoms with van der Waals surface area (Å²) in [5, 5.41) is 0. The smallest absolute Gasteiger partial charge is 0.308 e. The number of carbonyl (C=O) groups excluding carboxylic acids is 2. The summed E-state index contributed by atoms with van der Waals surface area (Å²) in [5.74, 6) is -0.595. The second kappa shape index (κ2) is 8.80. The molecule has 1 amide bonds. The van der Waals surface area contributed by atoms with Crippen LogP contribution in [-0.4, -0.2) is 69.3 Å². The number of carbonyl (C=O) groups is 2. The molecule has 1 aliphatic rings. The van der Waals surface area contributed by atoms with Gasteiger partial charge in [-0.3, -0.25) is 9.59 Å². The van der Waals surface area contributed by atoms with Crippen LogP contribution in [0.5, 0.6) is 0 Å². The third-order valence-corrected chi connectivity index (χ3v) is 2.82. The summed E-state index contributed by atoms with van der Waals surface area (Å²) in [4.78, 5) is 24.5. The lowest BCUT2D eigenvalue weighted by Crippen LogP contribution is -2.46. The van der Waals surface area contributed by atoms with Gasteiger partial charge in [0.25, 0.3) is 6.43 Å². The second-order valence-electron chi connectivity index (χ2n) is 4.33. The number of esters is 1. The lowest BCUT2D eigenvalue weighted by atomic mass is 10.2. The summed E-state index contributed by atoms with van der Waals surface area (Å²) >= 11 is 0. The van der Waals surface area contributed by atoms with Crippen LogP contribution in [0.15, 0.2) is 0 Å². The summed E-state index contributed by atoms with van der Waals surface area (Å²) < 4.78 is 38.2. The zero-order valence-electron chi connectivity index (χ0n) is 11.3. The molecule has 1 unspecified atom stereocenters. The molecule has 1 saturated heterocycles. The molecule has 1 heterocycles. The fourth-order valence-corrected chi connectivity index (χ4v) is 1.83. The molecule has 0 aliphatic carbocycles. The van der Waals surface area contributed by atoms with Crippen molar-refractivity contribution in [2.75, 3.05) is 40.0 Å². The molecule has 8 heteroatoms. The Morgan fingerprint density at radius 1 is 1.45 bits per heavy atom. The van der Waals surface area contributed by atoms with Crippen LogP contribution in [0.2, 0.25) is 0 Å². The number of ether oxygens (including phenoxy) is 3. The summed E-state index contributed by atoms with van der Waals surface area (Å²) in [5.41, 5.74) is 0. The van der Waals surface area contributed by atoms with E-state index < -0.39 is 19.0 Å². The first-order valence-electron chi connectivity index (χ1n) is 6.35. The average molecular weight is 295 g/mol. The molecule has 1 fully saturated rings. The highest BCUT2D eigenvalue weighted by Gasteiger charge is 2.26. The molecule has 0 aromatic rings. The Kier molecular flexibility index (Phi) is 7.38. The van der Waals surface area contributed by atoms with Crippen molar-refractivity contribution in [3.63, 3.8) is 0 Å². The quantitative estimate of drug-likeness (QED) is 0.504. The largest absolute Gasteiger partial charge is 0.469 e. The number of nitrogens with zero attached hydrogens (tertiary/aromatic N) is 1. The standard InChI is InChI=1S/C12H19F2NO5/c1-18-12(17)6-9-7-15(3-5-20-9)11(16)2-4-19-8-10(13)14/h9-10H,2-8H2,1H3. The van der Waals surface area contributed by atoms with Gasteiger partial charge in [0.05, 0.1) is 39.3 Å². The van der Waals surface area contributed by atoms with Crippen molar-refractivity contribution in [3.05, 3.63) is 0 Å². The predicted octanol–water partition coefficient (Wildman–Crippen LogP) is 0.449. The monoisotopic (exact) mass is 295 g/mol. The van der Waals surface area contributed by atoms with Gasteiger partial charge < -0.3 is 19.1 Å². The van der Waals surface area contributed by atoms with Crippen molar-refractivity contribution in [1.82, 2.24) is 4.90 Å². The van der Waals surface area contributed by atoms with Gasteiger partial charge in [-0.15, -0.1) is 0 Å². The zero-order valence-corrected chi connectivity index (χ0v) is 11.3. The van der Waals surface area contributed by atoms with Crippen LogP contribution in [0.25, 0.3) is 0 Å². The van der Waals surface area contributed by atoms with Crippen molar-refractivity contribution in [2.24, 2.45) is 0 Å². The van der Waals surface area contributed by atoms with E-state index in [2.05, 4.69) is 9.47 Å². The Labute approximate surface area is 116 Å². The third kappa shape index (κ3) is 6.25. The van der Waals surface area contributed by atoms with Gasteiger partial charge in [-0.1, -0.05) is 0 Å². The maximum absolute atomic E-state index is 11.8. The molecule has 0 bridgehead atoms. The van der Waals surface area contributed by atoms with Crippen LogP contribution in [0.4, 0.5) is 8.78 Å². The average Bonchev–Trinajstić information content (AvgIpc) is 2.43. The van der Waals surface area contributed by atoms with E-state index in [1.807, 2.05) is 0 Å². The lowest BCUT2D eigenvalue weighted by molar-refractivity contribution is -0.150. The lowest BCUT2D eigenvalue weighted by Gasteiger charge is -2.32. The van der Waals surface area contributed by atoms with Gasteiger partial charge in [-0.05, 0) is 0 Å². The van der Waals surface area contributed by atoms with Gasteiger partial charge in [0.2, 0.25) is 5.91 Å². The minimum atomic E-state index is -2.53. The van der Waals surface area contributed by atoms with Gasteiger partial charge in [-0.2, -0.15) is 0 Å². The van der Waals surface area contributed by atoms with E-state index in [1.165, 1.54) is 7.11 Å². The van der Waals surface area contributed by atoms with E-state index in [1.54, 1.807) is 4.90 Å².